The van der Waals surface area contributed by atoms with E-state index in [1.165, 1.54) is 0 Å². The number of carbonyl (C=O) groups is 1. The van der Waals surface area contributed by atoms with Crippen molar-refractivity contribution in [3.05, 3.63) is 34.9 Å². The van der Waals surface area contributed by atoms with Gasteiger partial charge in [0.1, 0.15) is 0 Å². The molecule has 3 heteroatoms. The number of aryl methyl sites for hydroxylation is 1. The summed E-state index contributed by atoms with van der Waals surface area (Å²) in [6, 6.07) is 5.84. The number of hydrogen-bond acceptors (Lipinski definition) is 2. The molecule has 3 nitrogen and oxygen atoms in total. The predicted molar refractivity (Wildman–Crippen MR) is 88.1 cm³/mol. The number of benzene rings is 1. The smallest absolute Gasteiger partial charge is 0.251 e. The van der Waals surface area contributed by atoms with Crippen LogP contribution in [0, 0.1) is 24.7 Å². The quantitative estimate of drug-likeness (QED) is 0.818. The highest BCUT2D eigenvalue weighted by Gasteiger charge is 2.12. The van der Waals surface area contributed by atoms with Crippen molar-refractivity contribution in [3.63, 3.8) is 0 Å². The van der Waals surface area contributed by atoms with Gasteiger partial charge in [0, 0.05) is 17.2 Å². The van der Waals surface area contributed by atoms with Gasteiger partial charge in [0.05, 0.1) is 6.54 Å². The van der Waals surface area contributed by atoms with Crippen molar-refractivity contribution in [1.29, 1.82) is 0 Å². The van der Waals surface area contributed by atoms with Gasteiger partial charge < -0.3 is 11.1 Å². The van der Waals surface area contributed by atoms with Crippen LogP contribution in [0.25, 0.3) is 0 Å². The molecule has 0 spiro atoms. The van der Waals surface area contributed by atoms with Gasteiger partial charge in [-0.1, -0.05) is 32.1 Å². The predicted octanol–water partition coefficient (Wildman–Crippen LogP) is 2.86. The molecule has 0 aliphatic rings. The zero-order valence-corrected chi connectivity index (χ0v) is 13.5. The van der Waals surface area contributed by atoms with Crippen LogP contribution in [-0.4, -0.2) is 18.5 Å². The molecule has 0 fully saturated rings. The van der Waals surface area contributed by atoms with E-state index in [-0.39, 0.29) is 11.9 Å². The molecule has 2 atom stereocenters. The summed E-state index contributed by atoms with van der Waals surface area (Å²) in [6.45, 7) is 8.71. The lowest BCUT2D eigenvalue weighted by Gasteiger charge is -2.17. The van der Waals surface area contributed by atoms with E-state index in [0.717, 1.165) is 24.0 Å². The molecule has 0 heterocycles. The van der Waals surface area contributed by atoms with E-state index in [0.29, 0.717) is 18.0 Å². The molecule has 21 heavy (non-hydrogen) atoms. The summed E-state index contributed by atoms with van der Waals surface area (Å²) in [4.78, 5) is 12.3. The molecule has 0 aliphatic heterocycles. The number of carbonyl (C=O) groups excluding carboxylic acids is 1. The first-order chi connectivity index (χ1) is 9.96. The van der Waals surface area contributed by atoms with Crippen LogP contribution in [0.1, 0.15) is 55.1 Å². The fourth-order valence-electron chi connectivity index (χ4n) is 2.28. The molecule has 1 aromatic rings. The molecular formula is C18H26N2O. The molecule has 1 rings (SSSR count). The summed E-state index contributed by atoms with van der Waals surface area (Å²) in [7, 11) is 0. The summed E-state index contributed by atoms with van der Waals surface area (Å²) in [5.41, 5.74) is 7.90. The van der Waals surface area contributed by atoms with Crippen LogP contribution >= 0.6 is 0 Å². The average molecular weight is 286 g/mol. The van der Waals surface area contributed by atoms with Crippen molar-refractivity contribution in [3.8, 4) is 11.8 Å². The molecule has 0 radical (unpaired) electrons. The maximum Gasteiger partial charge on any atom is 0.251 e. The van der Waals surface area contributed by atoms with Gasteiger partial charge in [-0.3, -0.25) is 4.79 Å². The van der Waals surface area contributed by atoms with Gasteiger partial charge in [-0.25, -0.2) is 0 Å². The van der Waals surface area contributed by atoms with Crippen LogP contribution in [0.2, 0.25) is 0 Å². The van der Waals surface area contributed by atoms with Crippen molar-refractivity contribution in [2.75, 3.05) is 6.54 Å². The normalized spacial score (nSPS) is 13.0. The average Bonchev–Trinajstić information content (AvgIpc) is 2.44. The second-order valence-corrected chi connectivity index (χ2v) is 5.72. The third-order valence-corrected chi connectivity index (χ3v) is 3.50. The Labute approximate surface area is 128 Å². The lowest BCUT2D eigenvalue weighted by atomic mass is 10.00. The summed E-state index contributed by atoms with van der Waals surface area (Å²) >= 11 is 0. The van der Waals surface area contributed by atoms with E-state index in [2.05, 4.69) is 37.9 Å². The SMILES string of the molecule is CCC(C)CC(C)NC(=O)c1cc(C)cc(C#CCN)c1. The van der Waals surface area contributed by atoms with Crippen LogP contribution < -0.4 is 11.1 Å². The summed E-state index contributed by atoms with van der Waals surface area (Å²) < 4.78 is 0. The van der Waals surface area contributed by atoms with Gasteiger partial charge in [-0.2, -0.15) is 0 Å². The van der Waals surface area contributed by atoms with Crippen molar-refractivity contribution < 1.29 is 4.79 Å². The number of nitrogens with two attached hydrogens (primary N) is 1. The molecule has 3 N–H and O–H groups in total. The lowest BCUT2D eigenvalue weighted by molar-refractivity contribution is 0.0935. The van der Waals surface area contributed by atoms with Crippen LogP contribution in [0.3, 0.4) is 0 Å². The Hall–Kier alpha value is -1.79. The van der Waals surface area contributed by atoms with Gasteiger partial charge in [-0.15, -0.1) is 0 Å². The van der Waals surface area contributed by atoms with Crippen LogP contribution in [0.4, 0.5) is 0 Å². The molecule has 114 valence electrons. The van der Waals surface area contributed by atoms with Gasteiger partial charge in [-0.05, 0) is 49.9 Å². The van der Waals surface area contributed by atoms with Crippen molar-refractivity contribution in [2.24, 2.45) is 11.7 Å². The molecule has 0 aromatic heterocycles. The number of rotatable bonds is 5. The summed E-state index contributed by atoms with van der Waals surface area (Å²) in [5.74, 6) is 6.38. The van der Waals surface area contributed by atoms with Crippen molar-refractivity contribution >= 4 is 5.91 Å². The highest BCUT2D eigenvalue weighted by atomic mass is 16.1. The second kappa shape index (κ2) is 8.49. The number of amides is 1. The molecule has 1 amide bonds. The molecule has 2 unspecified atom stereocenters. The van der Waals surface area contributed by atoms with Gasteiger partial charge >= 0.3 is 0 Å². The van der Waals surface area contributed by atoms with Crippen LogP contribution in [0.15, 0.2) is 18.2 Å². The van der Waals surface area contributed by atoms with E-state index >= 15 is 0 Å². The highest BCUT2D eigenvalue weighted by molar-refractivity contribution is 5.95. The second-order valence-electron chi connectivity index (χ2n) is 5.72. The Bertz CT molecular complexity index is 540. The fraction of sp³-hybridized carbons (Fsp3) is 0.500. The first-order valence-corrected chi connectivity index (χ1v) is 7.57. The molecule has 1 aromatic carbocycles. The Morgan fingerprint density at radius 1 is 1.33 bits per heavy atom. The Morgan fingerprint density at radius 3 is 2.67 bits per heavy atom. The van der Waals surface area contributed by atoms with Gasteiger partial charge in [0.15, 0.2) is 0 Å². The third kappa shape index (κ3) is 6.01. The molecule has 0 bridgehead atoms. The van der Waals surface area contributed by atoms with Crippen LogP contribution in [0.5, 0.6) is 0 Å². The van der Waals surface area contributed by atoms with E-state index in [1.54, 1.807) is 0 Å². The maximum absolute atomic E-state index is 12.3. The van der Waals surface area contributed by atoms with Crippen molar-refractivity contribution in [1.82, 2.24) is 5.32 Å². The minimum absolute atomic E-state index is 0.0368. The van der Waals surface area contributed by atoms with Crippen molar-refractivity contribution in [2.45, 2.75) is 46.6 Å². The summed E-state index contributed by atoms with van der Waals surface area (Å²) in [6.07, 6.45) is 2.12. The number of hydrogen-bond donors (Lipinski definition) is 2. The lowest BCUT2D eigenvalue weighted by Crippen LogP contribution is -2.33. The Balaban J connectivity index is 2.80. The first kappa shape index (κ1) is 17.3. The van der Waals surface area contributed by atoms with E-state index < -0.39 is 0 Å². The third-order valence-electron chi connectivity index (χ3n) is 3.50. The molecular weight excluding hydrogens is 260 g/mol. The summed E-state index contributed by atoms with van der Waals surface area (Å²) in [5, 5.41) is 3.06. The van der Waals surface area contributed by atoms with Crippen LogP contribution in [-0.2, 0) is 0 Å². The minimum Gasteiger partial charge on any atom is -0.350 e. The highest BCUT2D eigenvalue weighted by Crippen LogP contribution is 2.12. The minimum atomic E-state index is -0.0368. The number of nitrogens with one attached hydrogen (secondary N) is 1. The van der Waals surface area contributed by atoms with Gasteiger partial charge in [0.25, 0.3) is 5.91 Å². The maximum atomic E-state index is 12.3. The Morgan fingerprint density at radius 2 is 2.05 bits per heavy atom. The van der Waals surface area contributed by atoms with E-state index in [1.807, 2.05) is 25.1 Å². The molecule has 0 saturated heterocycles. The molecule has 0 aliphatic carbocycles. The Kier molecular flexibility index (Phi) is 6.98. The first-order valence-electron chi connectivity index (χ1n) is 7.57. The molecule has 0 saturated carbocycles. The van der Waals surface area contributed by atoms with E-state index in [4.69, 9.17) is 5.73 Å². The van der Waals surface area contributed by atoms with Gasteiger partial charge in [0.2, 0.25) is 0 Å². The topological polar surface area (TPSA) is 55.1 Å². The zero-order chi connectivity index (χ0) is 15.8. The van der Waals surface area contributed by atoms with E-state index in [9.17, 15) is 4.79 Å². The standard InChI is InChI=1S/C18H26N2O/c1-5-13(2)9-15(4)20-18(21)17-11-14(3)10-16(12-17)7-6-8-19/h10-13,15H,5,8-9,19H2,1-4H3,(H,20,21). The zero-order valence-electron chi connectivity index (χ0n) is 13.5. The fourth-order valence-corrected chi connectivity index (χ4v) is 2.28. The monoisotopic (exact) mass is 286 g/mol. The largest absolute Gasteiger partial charge is 0.350 e.